The molecule has 11 heavy (non-hydrogen) atoms. The molecule has 2 nitrogen and oxygen atoms in total. The van der Waals surface area contributed by atoms with Crippen molar-refractivity contribution in [3.05, 3.63) is 0 Å². The summed E-state index contributed by atoms with van der Waals surface area (Å²) in [5.41, 5.74) is 2.74. The van der Waals surface area contributed by atoms with Crippen LogP contribution in [0, 0.1) is 0 Å². The summed E-state index contributed by atoms with van der Waals surface area (Å²) in [5, 5.41) is 0. The lowest BCUT2D eigenvalue weighted by atomic mass is 10.1. The SMILES string of the molecule is CCOC(C)(CN)C(F)(F)F. The van der Waals surface area contributed by atoms with Crippen LogP contribution in [-0.4, -0.2) is 24.9 Å². The molecule has 0 saturated carbocycles. The minimum absolute atomic E-state index is 0.00715. The topological polar surface area (TPSA) is 35.2 Å². The van der Waals surface area contributed by atoms with Crippen molar-refractivity contribution < 1.29 is 17.9 Å². The first-order chi connectivity index (χ1) is 4.87. The van der Waals surface area contributed by atoms with Crippen molar-refractivity contribution in [1.82, 2.24) is 0 Å². The molecule has 0 aromatic carbocycles. The van der Waals surface area contributed by atoms with Gasteiger partial charge in [-0.05, 0) is 13.8 Å². The highest BCUT2D eigenvalue weighted by Gasteiger charge is 2.51. The van der Waals surface area contributed by atoms with Crippen molar-refractivity contribution in [2.24, 2.45) is 5.73 Å². The van der Waals surface area contributed by atoms with Gasteiger partial charge in [0.25, 0.3) is 0 Å². The lowest BCUT2D eigenvalue weighted by Crippen LogP contribution is -2.50. The van der Waals surface area contributed by atoms with Gasteiger partial charge < -0.3 is 10.5 Å². The number of alkyl halides is 3. The van der Waals surface area contributed by atoms with Crippen molar-refractivity contribution >= 4 is 0 Å². The fourth-order valence-electron chi connectivity index (χ4n) is 0.575. The van der Waals surface area contributed by atoms with Gasteiger partial charge in [-0.3, -0.25) is 0 Å². The number of hydrogen-bond acceptors (Lipinski definition) is 2. The van der Waals surface area contributed by atoms with Gasteiger partial charge in [0.15, 0.2) is 5.60 Å². The largest absolute Gasteiger partial charge is 0.418 e. The van der Waals surface area contributed by atoms with E-state index in [0.717, 1.165) is 6.92 Å². The number of halogens is 3. The Bertz CT molecular complexity index is 125. The number of rotatable bonds is 3. The van der Waals surface area contributed by atoms with E-state index < -0.39 is 18.3 Å². The van der Waals surface area contributed by atoms with Gasteiger partial charge in [-0.15, -0.1) is 0 Å². The first-order valence-electron chi connectivity index (χ1n) is 3.28. The van der Waals surface area contributed by atoms with Crippen LogP contribution >= 0.6 is 0 Å². The van der Waals surface area contributed by atoms with E-state index in [0.29, 0.717) is 0 Å². The van der Waals surface area contributed by atoms with Crippen LogP contribution in [0.2, 0.25) is 0 Å². The molecule has 0 aliphatic rings. The lowest BCUT2D eigenvalue weighted by molar-refractivity contribution is -0.265. The van der Waals surface area contributed by atoms with Crippen LogP contribution in [0.3, 0.4) is 0 Å². The third-order valence-corrected chi connectivity index (χ3v) is 1.45. The van der Waals surface area contributed by atoms with Gasteiger partial charge in [-0.25, -0.2) is 0 Å². The van der Waals surface area contributed by atoms with E-state index in [1.54, 1.807) is 0 Å². The van der Waals surface area contributed by atoms with E-state index >= 15 is 0 Å². The van der Waals surface area contributed by atoms with Crippen LogP contribution in [0.25, 0.3) is 0 Å². The highest BCUT2D eigenvalue weighted by atomic mass is 19.4. The standard InChI is InChI=1S/C6H12F3NO/c1-3-11-5(2,4-10)6(7,8)9/h3-4,10H2,1-2H3. The van der Waals surface area contributed by atoms with Gasteiger partial charge in [0.2, 0.25) is 0 Å². The van der Waals surface area contributed by atoms with Gasteiger partial charge in [0.1, 0.15) is 0 Å². The maximum atomic E-state index is 12.1. The second-order valence-corrected chi connectivity index (χ2v) is 2.37. The molecule has 0 fully saturated rings. The summed E-state index contributed by atoms with van der Waals surface area (Å²) in [4.78, 5) is 0. The normalized spacial score (nSPS) is 18.0. The van der Waals surface area contributed by atoms with Crippen molar-refractivity contribution in [3.63, 3.8) is 0 Å². The maximum Gasteiger partial charge on any atom is 0.418 e. The summed E-state index contributed by atoms with van der Waals surface area (Å²) in [5.74, 6) is 0. The molecule has 0 aliphatic carbocycles. The average Bonchev–Trinajstić information content (AvgIpc) is 1.86. The molecule has 0 rings (SSSR count). The maximum absolute atomic E-state index is 12.1. The second-order valence-electron chi connectivity index (χ2n) is 2.37. The van der Waals surface area contributed by atoms with Crippen LogP contribution in [0.4, 0.5) is 13.2 Å². The van der Waals surface area contributed by atoms with Crippen molar-refractivity contribution in [2.45, 2.75) is 25.6 Å². The predicted octanol–water partition coefficient (Wildman–Crippen LogP) is 1.30. The minimum atomic E-state index is -4.39. The molecule has 68 valence electrons. The molecule has 0 aromatic heterocycles. The number of ether oxygens (including phenoxy) is 1. The monoisotopic (exact) mass is 171 g/mol. The summed E-state index contributed by atoms with van der Waals surface area (Å²) in [6.45, 7) is 1.90. The van der Waals surface area contributed by atoms with Crippen LogP contribution < -0.4 is 5.73 Å². The first-order valence-corrected chi connectivity index (χ1v) is 3.28. The molecule has 0 radical (unpaired) electrons. The van der Waals surface area contributed by atoms with E-state index in [-0.39, 0.29) is 6.61 Å². The Morgan fingerprint density at radius 2 is 1.82 bits per heavy atom. The molecular formula is C6H12F3NO. The van der Waals surface area contributed by atoms with Crippen LogP contribution in [0.15, 0.2) is 0 Å². The Kier molecular flexibility index (Phi) is 3.31. The molecule has 0 aromatic rings. The quantitative estimate of drug-likeness (QED) is 0.694. The fourth-order valence-corrected chi connectivity index (χ4v) is 0.575. The first kappa shape index (κ1) is 10.7. The highest BCUT2D eigenvalue weighted by Crippen LogP contribution is 2.32. The zero-order chi connectivity index (χ0) is 9.12. The number of nitrogens with two attached hydrogens (primary N) is 1. The van der Waals surface area contributed by atoms with Gasteiger partial charge in [-0.1, -0.05) is 0 Å². The van der Waals surface area contributed by atoms with Gasteiger partial charge >= 0.3 is 6.18 Å². The molecule has 0 spiro atoms. The van der Waals surface area contributed by atoms with Crippen molar-refractivity contribution in [1.29, 1.82) is 0 Å². The lowest BCUT2D eigenvalue weighted by Gasteiger charge is -2.29. The van der Waals surface area contributed by atoms with Crippen LogP contribution in [0.5, 0.6) is 0 Å². The molecular weight excluding hydrogens is 159 g/mol. The summed E-state index contributed by atoms with van der Waals surface area (Å²) in [6, 6.07) is 0. The van der Waals surface area contributed by atoms with Crippen LogP contribution in [0.1, 0.15) is 13.8 Å². The molecule has 1 unspecified atom stereocenters. The predicted molar refractivity (Wildman–Crippen MR) is 35.1 cm³/mol. The molecule has 0 heterocycles. The zero-order valence-electron chi connectivity index (χ0n) is 6.53. The van der Waals surface area contributed by atoms with E-state index in [9.17, 15) is 13.2 Å². The Labute approximate surface area is 63.5 Å². The molecule has 0 saturated heterocycles. The van der Waals surface area contributed by atoms with Crippen molar-refractivity contribution in [3.8, 4) is 0 Å². The molecule has 1 atom stereocenters. The zero-order valence-corrected chi connectivity index (χ0v) is 6.53. The third kappa shape index (κ3) is 2.34. The van der Waals surface area contributed by atoms with Gasteiger partial charge in [-0.2, -0.15) is 13.2 Å². The number of hydrogen-bond donors (Lipinski definition) is 1. The van der Waals surface area contributed by atoms with Gasteiger partial charge in [0, 0.05) is 13.2 Å². The van der Waals surface area contributed by atoms with E-state index in [4.69, 9.17) is 5.73 Å². The van der Waals surface area contributed by atoms with Crippen molar-refractivity contribution in [2.75, 3.05) is 13.2 Å². The molecule has 0 bridgehead atoms. The molecule has 2 N–H and O–H groups in total. The second kappa shape index (κ2) is 3.40. The Hall–Kier alpha value is -0.290. The Morgan fingerprint density at radius 1 is 1.36 bits per heavy atom. The summed E-state index contributed by atoms with van der Waals surface area (Å²) in [6.07, 6.45) is -4.39. The van der Waals surface area contributed by atoms with Crippen LogP contribution in [-0.2, 0) is 4.74 Å². The van der Waals surface area contributed by atoms with E-state index in [1.807, 2.05) is 0 Å². The summed E-state index contributed by atoms with van der Waals surface area (Å²) < 4.78 is 40.8. The Morgan fingerprint density at radius 3 is 1.91 bits per heavy atom. The average molecular weight is 171 g/mol. The van der Waals surface area contributed by atoms with Gasteiger partial charge in [0.05, 0.1) is 0 Å². The summed E-state index contributed by atoms with van der Waals surface area (Å²) in [7, 11) is 0. The summed E-state index contributed by atoms with van der Waals surface area (Å²) >= 11 is 0. The smallest absolute Gasteiger partial charge is 0.365 e. The molecule has 5 heteroatoms. The third-order valence-electron chi connectivity index (χ3n) is 1.45. The minimum Gasteiger partial charge on any atom is -0.365 e. The van der Waals surface area contributed by atoms with E-state index in [2.05, 4.69) is 4.74 Å². The molecule has 0 amide bonds. The highest BCUT2D eigenvalue weighted by molar-refractivity contribution is 4.84. The fraction of sp³-hybridized carbons (Fsp3) is 1.00. The van der Waals surface area contributed by atoms with E-state index in [1.165, 1.54) is 6.92 Å². The Balaban J connectivity index is 4.33. The molecule has 0 aliphatic heterocycles.